The van der Waals surface area contributed by atoms with E-state index >= 15 is 0 Å². The zero-order chi connectivity index (χ0) is 68.0. The number of benzene rings is 11. The van der Waals surface area contributed by atoms with Crippen molar-refractivity contribution in [2.45, 2.75) is 75.0 Å². The molecule has 6 heteroatoms. The first-order valence-corrected chi connectivity index (χ1v) is 36.4. The smallest absolute Gasteiger partial charge is 0.304 e. The number of rotatable bonds is 15. The van der Waals surface area contributed by atoms with Crippen LogP contribution in [0.1, 0.15) is 97.3 Å². The molecular formula is C97H74F2IrN3. The third-order valence-electron chi connectivity index (χ3n) is 23.3. The van der Waals surface area contributed by atoms with Gasteiger partial charge in [0.15, 0.2) is 0 Å². The van der Waals surface area contributed by atoms with Crippen molar-refractivity contribution in [2.75, 3.05) is 0 Å². The molecule has 0 amide bonds. The second kappa shape index (κ2) is 28.7. The summed E-state index contributed by atoms with van der Waals surface area (Å²) in [5.41, 5.74) is 28.4. The number of nitrogens with zero attached hydrogens (tertiary/aromatic N) is 3. The average Bonchev–Trinajstić information content (AvgIpc) is 0.787. The van der Waals surface area contributed by atoms with Crippen LogP contribution in [0.5, 0.6) is 0 Å². The van der Waals surface area contributed by atoms with Crippen molar-refractivity contribution in [1.29, 1.82) is 0 Å². The van der Waals surface area contributed by atoms with Crippen molar-refractivity contribution in [1.82, 2.24) is 15.0 Å². The summed E-state index contributed by atoms with van der Waals surface area (Å²) in [6.07, 6.45) is 15.8. The summed E-state index contributed by atoms with van der Waals surface area (Å²) in [4.78, 5) is 15.3. The van der Waals surface area contributed by atoms with Gasteiger partial charge >= 0.3 is 20.1 Å². The standard InChI is InChI=1S/C97H74F2N3.Ir/c98-83-43-36-66(37-44-83)93-57-71-32-34-73(93)55-91(71)64-28-24-62(25-29-64)69-14-10-16-75(50-69)96-48-41-78(60-101-96)86-19-5-8-22-89(86)81-52-80(88-21-7-4-18-85(88)77-40-47-95(100-59-77)68-12-2-1-3-13-68)53-82(54-81)90-23-9-6-20-87(90)79-42-49-97(102-61-79)76-17-11-15-70(51-76)63-26-30-65(31-27-63)92-56-74-35-33-72(92)58-94(74)67-38-45-84(99)46-39-67;/h1-12,14-15,18-31,36-54,59-61,71-74,91-94H,32-35,55-58H2;/q-3;+3. The Morgan fingerprint density at radius 1 is 0.252 bits per heavy atom. The monoisotopic (exact) mass is 1510 g/mol. The fraction of sp³-hybridized carbons (Fsp3) is 0.165. The van der Waals surface area contributed by atoms with Crippen molar-refractivity contribution in [3.05, 3.63) is 356 Å². The van der Waals surface area contributed by atoms with Gasteiger partial charge < -0.3 is 15.0 Å². The fourth-order valence-corrected chi connectivity index (χ4v) is 18.1. The molecule has 3 nitrogen and oxygen atoms in total. The Hall–Kier alpha value is -10.6. The van der Waals surface area contributed by atoms with Gasteiger partial charge in [-0.25, -0.2) is 8.78 Å². The molecule has 3 aromatic heterocycles. The van der Waals surface area contributed by atoms with Gasteiger partial charge in [0.2, 0.25) is 0 Å². The number of halogens is 2. The Balaban J connectivity index is 0.00000787. The maximum Gasteiger partial charge on any atom is 3.00 e. The molecule has 20 rings (SSSR count). The molecule has 8 unspecified atom stereocenters. The summed E-state index contributed by atoms with van der Waals surface area (Å²) < 4.78 is 27.7. The van der Waals surface area contributed by atoms with Gasteiger partial charge in [0.05, 0.1) is 0 Å². The molecule has 0 N–H and O–H groups in total. The average molecular weight is 1510 g/mol. The molecule has 8 atom stereocenters. The number of aromatic nitrogens is 3. The SMILES string of the molecule is Fc1ccc(C2CC3CCC2CC3c2ccc(-c3cc[c-]c(-c4ccc(-c5ccccc5-c5cc(-c6ccccc6-c6ccc(-c7[c-]cccc7)nc6)cc(-c6ccccc6-c6ccc(-c7[c-]ccc(-c8ccc(C9CC%10CCC9CC%10c9ccc(F)cc9)cc8)c7)nc6)c5)cn4)c3)cc2)cc1.[Ir+3]. The molecule has 103 heavy (non-hydrogen) atoms. The molecule has 14 aromatic rings. The third kappa shape index (κ3) is 13.3. The third-order valence-corrected chi connectivity index (χ3v) is 23.3. The normalized spacial score (nSPS) is 19.6. The minimum atomic E-state index is -0.158. The number of hydrogen-bond donors (Lipinski definition) is 0. The molecule has 0 saturated heterocycles. The van der Waals surface area contributed by atoms with Crippen LogP contribution >= 0.6 is 0 Å². The number of fused-ring (bicyclic) bond motifs is 6. The van der Waals surface area contributed by atoms with Crippen LogP contribution in [0.15, 0.2) is 304 Å². The Labute approximate surface area is 616 Å². The van der Waals surface area contributed by atoms with Gasteiger partial charge in [0.1, 0.15) is 11.6 Å². The van der Waals surface area contributed by atoms with Gasteiger partial charge in [-0.2, -0.15) is 0 Å². The van der Waals surface area contributed by atoms with Crippen LogP contribution in [0.3, 0.4) is 0 Å². The zero-order valence-electron chi connectivity index (χ0n) is 57.1. The summed E-state index contributed by atoms with van der Waals surface area (Å²) in [5.74, 6) is 4.40. The Kier molecular flexibility index (Phi) is 18.3. The van der Waals surface area contributed by atoms with Crippen LogP contribution in [0.2, 0.25) is 0 Å². The molecule has 500 valence electrons. The van der Waals surface area contributed by atoms with Crippen molar-refractivity contribution < 1.29 is 28.9 Å². The first-order valence-electron chi connectivity index (χ1n) is 36.4. The van der Waals surface area contributed by atoms with E-state index in [2.05, 4.69) is 218 Å². The summed E-state index contributed by atoms with van der Waals surface area (Å²) >= 11 is 0. The number of hydrogen-bond acceptors (Lipinski definition) is 3. The molecule has 6 aliphatic carbocycles. The van der Waals surface area contributed by atoms with Gasteiger partial charge in [-0.3, -0.25) is 0 Å². The molecule has 4 bridgehead atoms. The largest absolute Gasteiger partial charge is 3.00 e. The molecule has 11 aromatic carbocycles. The van der Waals surface area contributed by atoms with E-state index in [0.29, 0.717) is 47.3 Å². The van der Waals surface area contributed by atoms with Crippen molar-refractivity contribution in [3.8, 4) is 123 Å². The molecule has 6 saturated carbocycles. The van der Waals surface area contributed by atoms with Crippen LogP contribution in [0, 0.1) is 53.5 Å². The first kappa shape index (κ1) is 65.7. The van der Waals surface area contributed by atoms with E-state index in [-0.39, 0.29) is 31.7 Å². The van der Waals surface area contributed by atoms with Crippen molar-refractivity contribution in [3.63, 3.8) is 0 Å². The van der Waals surface area contributed by atoms with Crippen LogP contribution in [0.4, 0.5) is 8.78 Å². The van der Waals surface area contributed by atoms with E-state index < -0.39 is 0 Å². The molecule has 6 fully saturated rings. The minimum absolute atomic E-state index is 0. The minimum Gasteiger partial charge on any atom is -0.304 e. The molecule has 6 aliphatic rings. The predicted molar refractivity (Wildman–Crippen MR) is 411 cm³/mol. The van der Waals surface area contributed by atoms with Crippen LogP contribution < -0.4 is 0 Å². The summed E-state index contributed by atoms with van der Waals surface area (Å²) in [7, 11) is 0. The second-order valence-corrected chi connectivity index (χ2v) is 28.9. The fourth-order valence-electron chi connectivity index (χ4n) is 18.1. The maximum absolute atomic E-state index is 13.8. The van der Waals surface area contributed by atoms with Gasteiger partial charge in [0.25, 0.3) is 0 Å². The van der Waals surface area contributed by atoms with E-state index in [1.165, 1.54) is 84.7 Å². The van der Waals surface area contributed by atoms with Gasteiger partial charge in [-0.1, -0.05) is 182 Å². The Morgan fingerprint density at radius 3 is 0.845 bits per heavy atom. The molecule has 3 heterocycles. The summed E-state index contributed by atoms with van der Waals surface area (Å²) in [5, 5.41) is 0. The molecule has 0 radical (unpaired) electrons. The Bertz CT molecular complexity index is 5060. The predicted octanol–water partition coefficient (Wildman–Crippen LogP) is 25.3. The summed E-state index contributed by atoms with van der Waals surface area (Å²) in [6, 6.07) is 110. The molecule has 0 spiro atoms. The van der Waals surface area contributed by atoms with Crippen molar-refractivity contribution >= 4 is 0 Å². The van der Waals surface area contributed by atoms with Crippen molar-refractivity contribution in [2.24, 2.45) is 23.7 Å². The summed E-state index contributed by atoms with van der Waals surface area (Å²) in [6.45, 7) is 0. The number of pyridine rings is 3. The van der Waals surface area contributed by atoms with Crippen LogP contribution in [0.25, 0.3) is 123 Å². The van der Waals surface area contributed by atoms with E-state index in [4.69, 9.17) is 15.0 Å². The topological polar surface area (TPSA) is 38.7 Å². The van der Waals surface area contributed by atoms with E-state index in [1.54, 1.807) is 24.3 Å². The van der Waals surface area contributed by atoms with Crippen LogP contribution in [-0.2, 0) is 20.1 Å². The van der Waals surface area contributed by atoms with E-state index in [0.717, 1.165) is 112 Å². The Morgan fingerprint density at radius 2 is 0.544 bits per heavy atom. The van der Waals surface area contributed by atoms with Gasteiger partial charge in [-0.05, 0) is 258 Å². The maximum atomic E-state index is 13.8. The first-order chi connectivity index (χ1) is 50.3. The van der Waals surface area contributed by atoms with E-state index in [9.17, 15) is 8.78 Å². The second-order valence-electron chi connectivity index (χ2n) is 28.9. The van der Waals surface area contributed by atoms with Gasteiger partial charge in [0, 0.05) is 18.6 Å². The van der Waals surface area contributed by atoms with Crippen LogP contribution in [-0.4, -0.2) is 15.0 Å². The quantitative estimate of drug-likeness (QED) is 0.0960. The zero-order valence-corrected chi connectivity index (χ0v) is 59.5. The molecule has 0 aliphatic heterocycles. The molecular weight excluding hydrogens is 1440 g/mol. The van der Waals surface area contributed by atoms with E-state index in [1.807, 2.05) is 79.3 Å². The van der Waals surface area contributed by atoms with Gasteiger partial charge in [-0.15, -0.1) is 107 Å².